The summed E-state index contributed by atoms with van der Waals surface area (Å²) in [4.78, 5) is 29.5. The molecule has 1 amide bonds. The van der Waals surface area contributed by atoms with Crippen LogP contribution in [0, 0.1) is 23.0 Å². The number of non-ortho nitro benzene ring substituents is 1. The normalized spacial score (nSPS) is 15.4. The topological polar surface area (TPSA) is 97.6 Å². The fraction of sp³-hybridized carbons (Fsp3) is 0.524. The number of aromatic nitrogens is 1. The zero-order chi connectivity index (χ0) is 21.2. The molecule has 0 atom stereocenters. The van der Waals surface area contributed by atoms with Crippen LogP contribution in [0.15, 0.2) is 24.3 Å². The Morgan fingerprint density at radius 1 is 1.34 bits per heavy atom. The van der Waals surface area contributed by atoms with E-state index in [0.29, 0.717) is 18.0 Å². The highest BCUT2D eigenvalue weighted by molar-refractivity contribution is 5.97. The van der Waals surface area contributed by atoms with Gasteiger partial charge in [0.05, 0.1) is 4.92 Å². The molecule has 2 heterocycles. The number of para-hydroxylation sites is 1. The first-order valence-electron chi connectivity index (χ1n) is 9.90. The number of ether oxygens (including phenoxy) is 1. The Bertz CT molecular complexity index is 915. The number of rotatable bonds is 4. The van der Waals surface area contributed by atoms with Crippen molar-refractivity contribution in [2.45, 2.75) is 46.1 Å². The van der Waals surface area contributed by atoms with Crippen molar-refractivity contribution >= 4 is 28.4 Å². The second-order valence-electron chi connectivity index (χ2n) is 8.53. The minimum Gasteiger partial charge on any atom is -0.444 e. The molecule has 1 aromatic carbocycles. The standard InChI is InChI=1S/C21H28N4O4/c1-14-12-18(16-6-5-7-17(25(27)28)19(16)23-14)24-10-8-15(9-11-24)13-22-20(26)29-21(2,3)4/h5-7,12,15H,8-11,13H2,1-4H3,(H,22,26). The van der Waals surface area contributed by atoms with E-state index >= 15 is 0 Å². The third kappa shape index (κ3) is 5.13. The number of fused-ring (bicyclic) bond motifs is 1. The molecule has 1 saturated heterocycles. The van der Waals surface area contributed by atoms with Crippen molar-refractivity contribution < 1.29 is 14.5 Å². The fourth-order valence-electron chi connectivity index (χ4n) is 3.67. The lowest BCUT2D eigenvalue weighted by atomic mass is 9.96. The molecular weight excluding hydrogens is 372 g/mol. The van der Waals surface area contributed by atoms with Gasteiger partial charge in [0.15, 0.2) is 5.52 Å². The first-order chi connectivity index (χ1) is 13.6. The Kier molecular flexibility index (Phi) is 5.91. The number of anilines is 1. The van der Waals surface area contributed by atoms with Crippen LogP contribution in [0.2, 0.25) is 0 Å². The molecule has 0 spiro atoms. The Labute approximate surface area is 170 Å². The molecule has 2 aromatic rings. The van der Waals surface area contributed by atoms with Crippen molar-refractivity contribution in [3.63, 3.8) is 0 Å². The number of pyridine rings is 1. The molecule has 0 aliphatic carbocycles. The summed E-state index contributed by atoms with van der Waals surface area (Å²) in [5.74, 6) is 0.377. The number of carbonyl (C=O) groups excluding carboxylic acids is 1. The second-order valence-corrected chi connectivity index (χ2v) is 8.53. The molecule has 156 valence electrons. The van der Waals surface area contributed by atoms with E-state index in [4.69, 9.17) is 4.74 Å². The van der Waals surface area contributed by atoms with Crippen molar-refractivity contribution in [1.29, 1.82) is 0 Å². The first-order valence-corrected chi connectivity index (χ1v) is 9.90. The van der Waals surface area contributed by atoms with Crippen LogP contribution < -0.4 is 10.2 Å². The van der Waals surface area contributed by atoms with Gasteiger partial charge in [-0.1, -0.05) is 12.1 Å². The summed E-state index contributed by atoms with van der Waals surface area (Å²) in [5, 5.41) is 15.0. The van der Waals surface area contributed by atoms with Gasteiger partial charge in [-0.3, -0.25) is 10.1 Å². The SMILES string of the molecule is Cc1cc(N2CCC(CNC(=O)OC(C)(C)C)CC2)c2cccc([N+](=O)[O-])c2n1. The number of hydrogen-bond acceptors (Lipinski definition) is 6. The van der Waals surface area contributed by atoms with E-state index in [2.05, 4.69) is 15.2 Å². The highest BCUT2D eigenvalue weighted by Crippen LogP contribution is 2.34. The lowest BCUT2D eigenvalue weighted by Gasteiger charge is -2.34. The Balaban J connectivity index is 1.68. The van der Waals surface area contributed by atoms with Crippen molar-refractivity contribution in [2.75, 3.05) is 24.5 Å². The van der Waals surface area contributed by atoms with Crippen molar-refractivity contribution in [3.8, 4) is 0 Å². The van der Waals surface area contributed by atoms with E-state index in [1.165, 1.54) is 6.07 Å². The molecule has 0 radical (unpaired) electrons. The van der Waals surface area contributed by atoms with Gasteiger partial charge in [0, 0.05) is 42.5 Å². The summed E-state index contributed by atoms with van der Waals surface area (Å²) in [6.07, 6.45) is 1.46. The van der Waals surface area contributed by atoms with Crippen LogP contribution in [0.5, 0.6) is 0 Å². The van der Waals surface area contributed by atoms with Gasteiger partial charge >= 0.3 is 6.09 Å². The number of nitro benzene ring substituents is 1. The maximum absolute atomic E-state index is 11.9. The van der Waals surface area contributed by atoms with Crippen molar-refractivity contribution in [2.24, 2.45) is 5.92 Å². The van der Waals surface area contributed by atoms with E-state index in [-0.39, 0.29) is 16.7 Å². The van der Waals surface area contributed by atoms with Crippen molar-refractivity contribution in [1.82, 2.24) is 10.3 Å². The molecule has 8 nitrogen and oxygen atoms in total. The van der Waals surface area contributed by atoms with Crippen LogP contribution in [0.1, 0.15) is 39.3 Å². The maximum atomic E-state index is 11.9. The number of amides is 1. The van der Waals surface area contributed by atoms with E-state index in [1.807, 2.05) is 39.8 Å². The third-order valence-corrected chi connectivity index (χ3v) is 5.01. The van der Waals surface area contributed by atoms with Crippen LogP contribution in [-0.4, -0.2) is 41.2 Å². The molecule has 1 aromatic heterocycles. The molecule has 0 bridgehead atoms. The fourth-order valence-corrected chi connectivity index (χ4v) is 3.67. The average molecular weight is 400 g/mol. The number of carbonyl (C=O) groups is 1. The second kappa shape index (κ2) is 8.23. The summed E-state index contributed by atoms with van der Waals surface area (Å²) in [5.41, 5.74) is 1.70. The number of alkyl carbamates (subject to hydrolysis) is 1. The lowest BCUT2D eigenvalue weighted by Crippen LogP contribution is -2.40. The lowest BCUT2D eigenvalue weighted by molar-refractivity contribution is -0.383. The number of aryl methyl sites for hydroxylation is 1. The van der Waals surface area contributed by atoms with Crippen LogP contribution >= 0.6 is 0 Å². The monoisotopic (exact) mass is 400 g/mol. The molecule has 0 unspecified atom stereocenters. The zero-order valence-electron chi connectivity index (χ0n) is 17.4. The molecular formula is C21H28N4O4. The van der Waals surface area contributed by atoms with Gasteiger partial charge in [-0.25, -0.2) is 9.78 Å². The van der Waals surface area contributed by atoms with Gasteiger partial charge in [0.25, 0.3) is 5.69 Å². The molecule has 1 N–H and O–H groups in total. The predicted molar refractivity (Wildman–Crippen MR) is 112 cm³/mol. The Morgan fingerprint density at radius 3 is 2.66 bits per heavy atom. The van der Waals surface area contributed by atoms with Gasteiger partial charge in [-0.2, -0.15) is 0 Å². The number of nitrogens with one attached hydrogen (secondary N) is 1. The van der Waals surface area contributed by atoms with Crippen LogP contribution in [0.3, 0.4) is 0 Å². The highest BCUT2D eigenvalue weighted by atomic mass is 16.6. The van der Waals surface area contributed by atoms with Gasteiger partial charge in [-0.05, 0) is 52.5 Å². The van der Waals surface area contributed by atoms with E-state index in [9.17, 15) is 14.9 Å². The quantitative estimate of drug-likeness (QED) is 0.610. The van der Waals surface area contributed by atoms with Crippen LogP contribution in [0.4, 0.5) is 16.2 Å². The van der Waals surface area contributed by atoms with Gasteiger partial charge in [-0.15, -0.1) is 0 Å². The first kappa shape index (κ1) is 20.8. The van der Waals surface area contributed by atoms with Gasteiger partial charge in [0.1, 0.15) is 5.60 Å². The molecule has 1 aliphatic rings. The van der Waals surface area contributed by atoms with Crippen LogP contribution in [0.25, 0.3) is 10.9 Å². The molecule has 29 heavy (non-hydrogen) atoms. The molecule has 1 fully saturated rings. The third-order valence-electron chi connectivity index (χ3n) is 5.01. The highest BCUT2D eigenvalue weighted by Gasteiger charge is 2.24. The van der Waals surface area contributed by atoms with Gasteiger partial charge in [0.2, 0.25) is 0 Å². The van der Waals surface area contributed by atoms with Gasteiger partial charge < -0.3 is 15.0 Å². The zero-order valence-corrected chi connectivity index (χ0v) is 17.4. The predicted octanol–water partition coefficient (Wildman–Crippen LogP) is 4.19. The summed E-state index contributed by atoms with van der Waals surface area (Å²) in [6, 6.07) is 7.08. The maximum Gasteiger partial charge on any atom is 0.407 e. The van der Waals surface area contributed by atoms with Crippen LogP contribution in [-0.2, 0) is 4.74 Å². The smallest absolute Gasteiger partial charge is 0.407 e. The average Bonchev–Trinajstić information content (AvgIpc) is 2.64. The van der Waals surface area contributed by atoms with E-state index < -0.39 is 5.60 Å². The molecule has 0 saturated carbocycles. The summed E-state index contributed by atoms with van der Waals surface area (Å²) >= 11 is 0. The number of nitro groups is 1. The Morgan fingerprint density at radius 2 is 2.03 bits per heavy atom. The minimum absolute atomic E-state index is 0.0314. The summed E-state index contributed by atoms with van der Waals surface area (Å²) in [6.45, 7) is 9.62. The summed E-state index contributed by atoms with van der Waals surface area (Å²) < 4.78 is 5.29. The number of benzene rings is 1. The van der Waals surface area contributed by atoms with E-state index in [1.54, 1.807) is 6.07 Å². The number of hydrogen-bond donors (Lipinski definition) is 1. The largest absolute Gasteiger partial charge is 0.444 e. The summed E-state index contributed by atoms with van der Waals surface area (Å²) in [7, 11) is 0. The molecule has 3 rings (SSSR count). The Hall–Kier alpha value is -2.90. The molecule has 8 heteroatoms. The number of nitrogens with zero attached hydrogens (tertiary/aromatic N) is 3. The van der Waals surface area contributed by atoms with Crippen molar-refractivity contribution in [3.05, 3.63) is 40.1 Å². The van der Waals surface area contributed by atoms with E-state index in [0.717, 1.165) is 42.7 Å². The minimum atomic E-state index is -0.504. The molecule has 1 aliphatic heterocycles. The number of piperidine rings is 1.